The first-order valence-corrected chi connectivity index (χ1v) is 12.1. The summed E-state index contributed by atoms with van der Waals surface area (Å²) in [6.07, 6.45) is 5.31. The average molecular weight is 467 g/mol. The Balaban J connectivity index is 1.57. The van der Waals surface area contributed by atoms with Gasteiger partial charge in [-0.25, -0.2) is 9.37 Å². The third-order valence-electron chi connectivity index (χ3n) is 5.74. The number of benzene rings is 1. The van der Waals surface area contributed by atoms with Crippen molar-refractivity contribution in [3.63, 3.8) is 0 Å². The van der Waals surface area contributed by atoms with Crippen molar-refractivity contribution in [3.8, 4) is 5.69 Å². The molecule has 0 radical (unpaired) electrons. The zero-order valence-electron chi connectivity index (χ0n) is 18.9. The van der Waals surface area contributed by atoms with Crippen LogP contribution in [0.15, 0.2) is 66.3 Å². The van der Waals surface area contributed by atoms with Crippen molar-refractivity contribution in [3.05, 3.63) is 89.0 Å². The number of aromatic nitrogens is 2. The van der Waals surface area contributed by atoms with E-state index in [2.05, 4.69) is 4.98 Å². The maximum Gasteiger partial charge on any atom is 0.227 e. The summed E-state index contributed by atoms with van der Waals surface area (Å²) in [6.45, 7) is 2.28. The molecule has 3 aromatic rings. The van der Waals surface area contributed by atoms with Crippen molar-refractivity contribution in [2.75, 3.05) is 24.7 Å². The Morgan fingerprint density at radius 1 is 1.24 bits per heavy atom. The molecular formula is C25H27FN4O2S. The Kier molecular flexibility index (Phi) is 6.74. The van der Waals surface area contributed by atoms with Gasteiger partial charge in [0.2, 0.25) is 5.91 Å². The number of halogens is 1. The number of hydrogen-bond donors (Lipinski definition) is 0. The van der Waals surface area contributed by atoms with Crippen LogP contribution in [0.4, 0.5) is 10.2 Å². The van der Waals surface area contributed by atoms with Crippen molar-refractivity contribution in [1.82, 2.24) is 14.5 Å². The highest BCUT2D eigenvalue weighted by Crippen LogP contribution is 2.21. The van der Waals surface area contributed by atoms with Crippen molar-refractivity contribution < 1.29 is 13.4 Å². The highest BCUT2D eigenvalue weighted by molar-refractivity contribution is 7.88. The van der Waals surface area contributed by atoms with Gasteiger partial charge in [-0.15, -0.1) is 0 Å². The molecule has 6 nitrogen and oxygen atoms in total. The van der Waals surface area contributed by atoms with E-state index in [1.165, 1.54) is 6.07 Å². The van der Waals surface area contributed by atoms with Crippen molar-refractivity contribution in [2.45, 2.75) is 25.9 Å². The van der Waals surface area contributed by atoms with E-state index in [0.29, 0.717) is 23.5 Å². The van der Waals surface area contributed by atoms with Crippen LogP contribution < -0.4 is 4.90 Å². The van der Waals surface area contributed by atoms with Crippen LogP contribution in [-0.2, 0) is 28.6 Å². The van der Waals surface area contributed by atoms with E-state index < -0.39 is 16.6 Å². The van der Waals surface area contributed by atoms with Crippen LogP contribution in [0.2, 0.25) is 0 Å². The summed E-state index contributed by atoms with van der Waals surface area (Å²) >= 11 is 0. The first kappa shape index (κ1) is 22.9. The van der Waals surface area contributed by atoms with Gasteiger partial charge in [0, 0.05) is 60.6 Å². The smallest absolute Gasteiger partial charge is 0.227 e. The summed E-state index contributed by atoms with van der Waals surface area (Å²) in [4.78, 5) is 21.2. The molecule has 33 heavy (non-hydrogen) atoms. The zero-order chi connectivity index (χ0) is 23.5. The summed E-state index contributed by atoms with van der Waals surface area (Å²) in [6, 6.07) is 12.3. The minimum absolute atomic E-state index is 0.0701. The van der Waals surface area contributed by atoms with Crippen LogP contribution in [-0.4, -0.2) is 50.5 Å². The predicted molar refractivity (Wildman–Crippen MR) is 129 cm³/mol. The minimum atomic E-state index is -1.11. The molecule has 2 aromatic heterocycles. The van der Waals surface area contributed by atoms with E-state index in [4.69, 9.17) is 0 Å². The molecule has 2 unspecified atom stereocenters. The third kappa shape index (κ3) is 5.22. The lowest BCUT2D eigenvalue weighted by Crippen LogP contribution is -2.41. The predicted octanol–water partition coefficient (Wildman–Crippen LogP) is 3.60. The van der Waals surface area contributed by atoms with E-state index >= 15 is 0 Å². The fourth-order valence-corrected chi connectivity index (χ4v) is 4.99. The Hall–Kier alpha value is -3.26. The SMILES string of the molecule is Cc1cccn1-c1ccc(CC(=O)N(Cc2ccnc(N(C)C)c2)C2C=CS(=O)C2)c(F)c1. The monoisotopic (exact) mass is 466 g/mol. The number of aryl methyl sites for hydroxylation is 1. The second-order valence-electron chi connectivity index (χ2n) is 8.35. The standard InChI is InChI=1S/C25H27FN4O2S/c1-18-5-4-11-29(18)21-7-6-20(23(26)15-21)14-25(31)30(22-9-12-33(32)17-22)16-19-8-10-27-24(13-19)28(2)3/h4-13,15,22H,14,16-17H2,1-3H3. The molecule has 3 heterocycles. The first-order valence-electron chi connectivity index (χ1n) is 10.7. The number of pyridine rings is 1. The third-order valence-corrected chi connectivity index (χ3v) is 6.87. The fraction of sp³-hybridized carbons (Fsp3) is 0.280. The van der Waals surface area contributed by atoms with Crippen LogP contribution in [0.25, 0.3) is 5.69 Å². The summed E-state index contributed by atoms with van der Waals surface area (Å²) < 4.78 is 28.8. The van der Waals surface area contributed by atoms with Crippen molar-refractivity contribution >= 4 is 22.5 Å². The Labute approximate surface area is 195 Å². The van der Waals surface area contributed by atoms with E-state index in [1.807, 2.05) is 67.0 Å². The molecule has 2 atom stereocenters. The van der Waals surface area contributed by atoms with Gasteiger partial charge in [0.05, 0.1) is 18.2 Å². The molecule has 0 fully saturated rings. The second kappa shape index (κ2) is 9.70. The van der Waals surface area contributed by atoms with Gasteiger partial charge in [0.1, 0.15) is 11.6 Å². The Morgan fingerprint density at radius 3 is 2.70 bits per heavy atom. The van der Waals surface area contributed by atoms with Crippen LogP contribution in [0, 0.1) is 12.7 Å². The molecule has 1 aliphatic heterocycles. The largest absolute Gasteiger partial charge is 0.363 e. The number of hydrogen-bond acceptors (Lipinski definition) is 4. The molecule has 8 heteroatoms. The quantitative estimate of drug-likeness (QED) is 0.534. The topological polar surface area (TPSA) is 58.4 Å². The number of amides is 1. The summed E-state index contributed by atoms with van der Waals surface area (Å²) in [7, 11) is 2.70. The maximum atomic E-state index is 14.9. The van der Waals surface area contributed by atoms with Crippen molar-refractivity contribution in [1.29, 1.82) is 0 Å². The molecule has 1 aromatic carbocycles. The molecule has 172 valence electrons. The molecular weight excluding hydrogens is 439 g/mol. The molecule has 4 rings (SSSR count). The number of anilines is 1. The second-order valence-corrected chi connectivity index (χ2v) is 9.72. The lowest BCUT2D eigenvalue weighted by atomic mass is 10.1. The molecule has 1 amide bonds. The van der Waals surface area contributed by atoms with Gasteiger partial charge in [-0.2, -0.15) is 0 Å². The van der Waals surface area contributed by atoms with Gasteiger partial charge in [-0.05, 0) is 54.4 Å². The fourth-order valence-electron chi connectivity index (χ4n) is 3.89. The molecule has 0 spiro atoms. The van der Waals surface area contributed by atoms with Gasteiger partial charge in [-0.3, -0.25) is 9.00 Å². The average Bonchev–Trinajstić information content (AvgIpc) is 3.41. The van der Waals surface area contributed by atoms with Crippen LogP contribution in [0.3, 0.4) is 0 Å². The zero-order valence-corrected chi connectivity index (χ0v) is 19.8. The first-order chi connectivity index (χ1) is 15.8. The number of carbonyl (C=O) groups excluding carboxylic acids is 1. The summed E-state index contributed by atoms with van der Waals surface area (Å²) in [5, 5.41) is 1.62. The van der Waals surface area contributed by atoms with Crippen molar-refractivity contribution in [2.24, 2.45) is 0 Å². The van der Waals surface area contributed by atoms with Crippen LogP contribution >= 0.6 is 0 Å². The summed E-state index contributed by atoms with van der Waals surface area (Å²) in [5.74, 6) is 0.507. The Morgan fingerprint density at radius 2 is 2.06 bits per heavy atom. The minimum Gasteiger partial charge on any atom is -0.363 e. The number of carbonyl (C=O) groups is 1. The molecule has 0 aliphatic carbocycles. The normalized spacial score (nSPS) is 17.3. The van der Waals surface area contributed by atoms with Crippen LogP contribution in [0.5, 0.6) is 0 Å². The highest BCUT2D eigenvalue weighted by atomic mass is 32.2. The molecule has 0 saturated heterocycles. The molecule has 0 N–H and O–H groups in total. The van der Waals surface area contributed by atoms with Gasteiger partial charge in [0.25, 0.3) is 0 Å². The van der Waals surface area contributed by atoms with E-state index in [9.17, 15) is 13.4 Å². The highest BCUT2D eigenvalue weighted by Gasteiger charge is 2.27. The lowest BCUT2D eigenvalue weighted by Gasteiger charge is -2.28. The van der Waals surface area contributed by atoms with Gasteiger partial charge in [0.15, 0.2) is 0 Å². The number of nitrogens with zero attached hydrogens (tertiary/aromatic N) is 4. The maximum absolute atomic E-state index is 14.9. The molecule has 0 bridgehead atoms. The van der Waals surface area contributed by atoms with Crippen LogP contribution in [0.1, 0.15) is 16.8 Å². The van der Waals surface area contributed by atoms with Gasteiger partial charge in [-0.1, -0.05) is 12.1 Å². The number of rotatable bonds is 7. The Bertz CT molecular complexity index is 1220. The van der Waals surface area contributed by atoms with E-state index in [1.54, 1.807) is 28.6 Å². The molecule has 0 saturated carbocycles. The van der Waals surface area contributed by atoms with E-state index in [-0.39, 0.29) is 18.4 Å². The van der Waals surface area contributed by atoms with Gasteiger partial charge >= 0.3 is 0 Å². The lowest BCUT2D eigenvalue weighted by molar-refractivity contribution is -0.132. The molecule has 1 aliphatic rings. The van der Waals surface area contributed by atoms with Gasteiger partial charge < -0.3 is 14.4 Å². The summed E-state index contributed by atoms with van der Waals surface area (Å²) in [5.41, 5.74) is 2.96. The van der Waals surface area contributed by atoms with E-state index in [0.717, 1.165) is 17.1 Å².